The largest absolute Gasteiger partial charge is 0.494 e. The average molecular weight is 313 g/mol. The zero-order valence-corrected chi connectivity index (χ0v) is 13.1. The van der Waals surface area contributed by atoms with E-state index in [2.05, 4.69) is 6.92 Å². The predicted octanol–water partition coefficient (Wildman–Crippen LogP) is 2.39. The molecule has 3 N–H and O–H groups in total. The summed E-state index contributed by atoms with van der Waals surface area (Å²) in [5.41, 5.74) is 5.42. The summed E-state index contributed by atoms with van der Waals surface area (Å²) in [7, 11) is 0. The fourth-order valence-electron chi connectivity index (χ4n) is 1.51. The summed E-state index contributed by atoms with van der Waals surface area (Å²) in [5.74, 6) is 2.24. The summed E-state index contributed by atoms with van der Waals surface area (Å²) >= 11 is 1.64. The summed E-state index contributed by atoms with van der Waals surface area (Å²) in [4.78, 5) is 10.5. The number of benzene rings is 1. The van der Waals surface area contributed by atoms with Gasteiger partial charge in [-0.2, -0.15) is 11.8 Å². The second-order valence-corrected chi connectivity index (χ2v) is 5.74. The normalized spacial score (nSPS) is 11.9. The van der Waals surface area contributed by atoms with Crippen LogP contribution in [0.3, 0.4) is 0 Å². The molecule has 118 valence electrons. The van der Waals surface area contributed by atoms with Gasteiger partial charge < -0.3 is 20.3 Å². The molecule has 21 heavy (non-hydrogen) atoms. The van der Waals surface area contributed by atoms with Gasteiger partial charge in [0.15, 0.2) is 0 Å². The number of thioether (sulfide) groups is 1. The van der Waals surface area contributed by atoms with Crippen molar-refractivity contribution in [1.29, 1.82) is 0 Å². The van der Waals surface area contributed by atoms with E-state index in [-0.39, 0.29) is 0 Å². The number of carboxylic acid groups (broad SMARTS) is 1. The zero-order chi connectivity index (χ0) is 15.5. The number of carbonyl (C=O) groups is 1. The van der Waals surface area contributed by atoms with E-state index in [0.717, 1.165) is 36.0 Å². The van der Waals surface area contributed by atoms with Gasteiger partial charge in [0, 0.05) is 5.75 Å². The first-order chi connectivity index (χ1) is 10.1. The SMILES string of the molecule is CCCOc1ccc(OCCSCCC(N)C(=O)O)cc1. The van der Waals surface area contributed by atoms with Gasteiger partial charge in [-0.1, -0.05) is 6.92 Å². The van der Waals surface area contributed by atoms with Crippen LogP contribution in [0.2, 0.25) is 0 Å². The second kappa shape index (κ2) is 10.3. The molecule has 0 spiro atoms. The van der Waals surface area contributed by atoms with Crippen LogP contribution in [0, 0.1) is 0 Å². The molecule has 0 aliphatic carbocycles. The van der Waals surface area contributed by atoms with Crippen LogP contribution in [0.5, 0.6) is 11.5 Å². The van der Waals surface area contributed by atoms with Crippen molar-refractivity contribution in [3.8, 4) is 11.5 Å². The van der Waals surface area contributed by atoms with Crippen molar-refractivity contribution in [3.63, 3.8) is 0 Å². The van der Waals surface area contributed by atoms with E-state index in [9.17, 15) is 4.79 Å². The van der Waals surface area contributed by atoms with Gasteiger partial charge in [0.2, 0.25) is 0 Å². The van der Waals surface area contributed by atoms with Crippen LogP contribution >= 0.6 is 11.8 Å². The molecule has 0 saturated carbocycles. The van der Waals surface area contributed by atoms with Gasteiger partial charge in [0.05, 0.1) is 13.2 Å². The van der Waals surface area contributed by atoms with Gasteiger partial charge in [-0.15, -0.1) is 0 Å². The van der Waals surface area contributed by atoms with Crippen LogP contribution in [0.25, 0.3) is 0 Å². The summed E-state index contributed by atoms with van der Waals surface area (Å²) in [6.45, 7) is 3.37. The molecule has 1 atom stereocenters. The topological polar surface area (TPSA) is 81.8 Å². The third-order valence-corrected chi connectivity index (χ3v) is 3.66. The van der Waals surface area contributed by atoms with E-state index in [1.165, 1.54) is 0 Å². The van der Waals surface area contributed by atoms with E-state index < -0.39 is 12.0 Å². The van der Waals surface area contributed by atoms with Crippen LogP contribution in [-0.4, -0.2) is 41.8 Å². The first kappa shape index (κ1) is 17.7. The maximum absolute atomic E-state index is 10.5. The van der Waals surface area contributed by atoms with Gasteiger partial charge in [-0.25, -0.2) is 0 Å². The summed E-state index contributed by atoms with van der Waals surface area (Å²) < 4.78 is 11.1. The molecule has 0 bridgehead atoms. The highest BCUT2D eigenvalue weighted by molar-refractivity contribution is 7.99. The van der Waals surface area contributed by atoms with Crippen molar-refractivity contribution in [2.75, 3.05) is 24.7 Å². The van der Waals surface area contributed by atoms with E-state index in [0.29, 0.717) is 13.0 Å². The molecule has 1 aromatic rings. The van der Waals surface area contributed by atoms with Crippen molar-refractivity contribution < 1.29 is 19.4 Å². The molecule has 1 unspecified atom stereocenters. The third-order valence-electron chi connectivity index (χ3n) is 2.68. The minimum atomic E-state index is -0.947. The van der Waals surface area contributed by atoms with Crippen LogP contribution in [0.1, 0.15) is 19.8 Å². The monoisotopic (exact) mass is 313 g/mol. The van der Waals surface area contributed by atoms with Crippen molar-refractivity contribution in [2.24, 2.45) is 5.73 Å². The van der Waals surface area contributed by atoms with Crippen molar-refractivity contribution in [2.45, 2.75) is 25.8 Å². The van der Waals surface area contributed by atoms with E-state index in [1.807, 2.05) is 24.3 Å². The van der Waals surface area contributed by atoms with Crippen molar-refractivity contribution >= 4 is 17.7 Å². The summed E-state index contributed by atoms with van der Waals surface area (Å²) in [6, 6.07) is 6.79. The minimum absolute atomic E-state index is 0.476. The van der Waals surface area contributed by atoms with Gasteiger partial charge in [-0.05, 0) is 42.9 Å². The van der Waals surface area contributed by atoms with Crippen molar-refractivity contribution in [3.05, 3.63) is 24.3 Å². The predicted molar refractivity (Wildman–Crippen MR) is 85.3 cm³/mol. The van der Waals surface area contributed by atoms with Crippen LogP contribution < -0.4 is 15.2 Å². The lowest BCUT2D eigenvalue weighted by atomic mass is 10.2. The quantitative estimate of drug-likeness (QED) is 0.610. The number of hydrogen-bond donors (Lipinski definition) is 2. The summed E-state index contributed by atoms with van der Waals surface area (Å²) in [5, 5.41) is 8.64. The zero-order valence-electron chi connectivity index (χ0n) is 12.3. The molecule has 1 rings (SSSR count). The highest BCUT2D eigenvalue weighted by Gasteiger charge is 2.10. The second-order valence-electron chi connectivity index (χ2n) is 4.51. The number of ether oxygens (including phenoxy) is 2. The number of aliphatic carboxylic acids is 1. The Bertz CT molecular complexity index is 411. The Morgan fingerprint density at radius 2 is 1.76 bits per heavy atom. The molecule has 0 aromatic heterocycles. The molecule has 0 aliphatic rings. The lowest BCUT2D eigenvalue weighted by Crippen LogP contribution is -2.30. The maximum atomic E-state index is 10.5. The molecule has 1 aromatic carbocycles. The molecule has 0 amide bonds. The van der Waals surface area contributed by atoms with Crippen LogP contribution in [0.4, 0.5) is 0 Å². The highest BCUT2D eigenvalue weighted by Crippen LogP contribution is 2.18. The fraction of sp³-hybridized carbons (Fsp3) is 0.533. The maximum Gasteiger partial charge on any atom is 0.320 e. The lowest BCUT2D eigenvalue weighted by molar-refractivity contribution is -0.138. The van der Waals surface area contributed by atoms with Crippen LogP contribution in [-0.2, 0) is 4.79 Å². The molecule has 0 aliphatic heterocycles. The third kappa shape index (κ3) is 7.82. The number of hydrogen-bond acceptors (Lipinski definition) is 5. The van der Waals surface area contributed by atoms with Crippen LogP contribution in [0.15, 0.2) is 24.3 Å². The fourth-order valence-corrected chi connectivity index (χ4v) is 2.33. The first-order valence-corrected chi connectivity index (χ1v) is 8.20. The number of rotatable bonds is 11. The Balaban J connectivity index is 2.11. The molecular weight excluding hydrogens is 290 g/mol. The van der Waals surface area contributed by atoms with Gasteiger partial charge in [0.1, 0.15) is 17.5 Å². The highest BCUT2D eigenvalue weighted by atomic mass is 32.2. The molecule has 0 heterocycles. The van der Waals surface area contributed by atoms with E-state index in [4.69, 9.17) is 20.3 Å². The lowest BCUT2D eigenvalue weighted by Gasteiger charge is -2.09. The van der Waals surface area contributed by atoms with Gasteiger partial charge in [-0.3, -0.25) is 4.79 Å². The van der Waals surface area contributed by atoms with Crippen molar-refractivity contribution in [1.82, 2.24) is 0 Å². The Kier molecular flexibility index (Phi) is 8.69. The number of nitrogens with two attached hydrogens (primary N) is 1. The summed E-state index contributed by atoms with van der Waals surface area (Å²) in [6.07, 6.45) is 1.46. The Morgan fingerprint density at radius 1 is 1.19 bits per heavy atom. The smallest absolute Gasteiger partial charge is 0.320 e. The number of carboxylic acids is 1. The molecule has 6 heteroatoms. The molecule has 5 nitrogen and oxygen atoms in total. The van der Waals surface area contributed by atoms with E-state index >= 15 is 0 Å². The minimum Gasteiger partial charge on any atom is -0.494 e. The average Bonchev–Trinajstić information content (AvgIpc) is 2.49. The molecular formula is C15H23NO4S. The Hall–Kier alpha value is -1.40. The Morgan fingerprint density at radius 3 is 2.29 bits per heavy atom. The Labute approximate surface area is 129 Å². The molecule has 0 saturated heterocycles. The first-order valence-electron chi connectivity index (χ1n) is 7.05. The molecule has 0 radical (unpaired) electrons. The molecule has 0 fully saturated rings. The standard InChI is InChI=1S/C15H23NO4S/c1-2-8-19-12-3-5-13(6-4-12)20-9-11-21-10-7-14(16)15(17)18/h3-6,14H,2,7-11,16H2,1H3,(H,17,18). The van der Waals surface area contributed by atoms with Gasteiger partial charge in [0.25, 0.3) is 0 Å². The van der Waals surface area contributed by atoms with E-state index in [1.54, 1.807) is 11.8 Å². The van der Waals surface area contributed by atoms with Gasteiger partial charge >= 0.3 is 5.97 Å².